The fourth-order valence-electron chi connectivity index (χ4n) is 1.79. The average Bonchev–Trinajstić information content (AvgIpc) is 2.58. The number of methoxy groups -OCH3 is 1. The van der Waals surface area contributed by atoms with Crippen LogP contribution in [0, 0.1) is 5.82 Å². The third-order valence-electron chi connectivity index (χ3n) is 2.94. The Bertz CT molecular complexity index is 876. The molecule has 0 aromatic heterocycles. The summed E-state index contributed by atoms with van der Waals surface area (Å²) < 4.78 is 47.9. The van der Waals surface area contributed by atoms with E-state index in [4.69, 9.17) is 21.1 Å². The number of ether oxygens (including phenoxy) is 2. The molecule has 0 aliphatic carbocycles. The first-order valence-corrected chi connectivity index (χ1v) is 8.71. The number of rotatable bonds is 7. The van der Waals surface area contributed by atoms with Gasteiger partial charge < -0.3 is 9.47 Å². The first kappa shape index (κ1) is 19.0. The highest BCUT2D eigenvalue weighted by atomic mass is 35.5. The predicted octanol–water partition coefficient (Wildman–Crippen LogP) is 1.88. The van der Waals surface area contributed by atoms with E-state index in [0.717, 1.165) is 12.1 Å². The van der Waals surface area contributed by atoms with E-state index in [-0.39, 0.29) is 5.02 Å². The smallest absolute Gasteiger partial charge is 0.272 e. The highest BCUT2D eigenvalue weighted by Gasteiger charge is 2.20. The van der Waals surface area contributed by atoms with Crippen molar-refractivity contribution in [2.24, 2.45) is 0 Å². The summed E-state index contributed by atoms with van der Waals surface area (Å²) in [4.78, 5) is 12.8. The van der Waals surface area contributed by atoms with Gasteiger partial charge in [0.05, 0.1) is 7.11 Å². The fourth-order valence-corrected chi connectivity index (χ4v) is 2.87. The molecule has 2 aromatic rings. The molecule has 0 atom stereocenters. The van der Waals surface area contributed by atoms with E-state index in [1.165, 1.54) is 13.2 Å². The topological polar surface area (TPSA) is 93.7 Å². The lowest BCUT2D eigenvalue weighted by Crippen LogP contribution is -2.43. The van der Waals surface area contributed by atoms with Crippen molar-refractivity contribution in [3.8, 4) is 11.5 Å². The number of carbonyl (C=O) groups is 1. The van der Waals surface area contributed by atoms with Crippen molar-refractivity contribution in [2.75, 3.05) is 13.7 Å². The van der Waals surface area contributed by atoms with Gasteiger partial charge in [0.2, 0.25) is 0 Å². The van der Waals surface area contributed by atoms with Gasteiger partial charge in [-0.15, -0.1) is 4.83 Å². The van der Waals surface area contributed by atoms with Gasteiger partial charge in [-0.25, -0.2) is 12.8 Å². The zero-order chi connectivity index (χ0) is 18.4. The first-order valence-electron chi connectivity index (χ1n) is 6.85. The van der Waals surface area contributed by atoms with Gasteiger partial charge in [-0.1, -0.05) is 23.7 Å². The van der Waals surface area contributed by atoms with E-state index in [9.17, 15) is 17.6 Å². The fraction of sp³-hybridized carbons (Fsp3) is 0.133. The minimum Gasteiger partial charge on any atom is -0.493 e. The summed E-state index contributed by atoms with van der Waals surface area (Å²) in [6.07, 6.45) is 0. The minimum atomic E-state index is -4.29. The maximum Gasteiger partial charge on any atom is 0.272 e. The number of carbonyl (C=O) groups excluding carboxylic acids is 1. The highest BCUT2D eigenvalue weighted by molar-refractivity contribution is 7.89. The lowest BCUT2D eigenvalue weighted by molar-refractivity contribution is -0.123. The highest BCUT2D eigenvalue weighted by Crippen LogP contribution is 2.25. The van der Waals surface area contributed by atoms with Crippen LogP contribution in [0.3, 0.4) is 0 Å². The average molecular weight is 389 g/mol. The number of nitrogens with one attached hydrogen (secondary N) is 2. The Balaban J connectivity index is 1.95. The van der Waals surface area contributed by atoms with Gasteiger partial charge in [-0.2, -0.15) is 0 Å². The molecule has 0 heterocycles. The van der Waals surface area contributed by atoms with Gasteiger partial charge in [0.15, 0.2) is 18.1 Å². The quantitative estimate of drug-likeness (QED) is 0.706. The van der Waals surface area contributed by atoms with Crippen molar-refractivity contribution in [1.29, 1.82) is 0 Å². The van der Waals surface area contributed by atoms with E-state index in [0.29, 0.717) is 11.5 Å². The van der Waals surface area contributed by atoms with Crippen LogP contribution >= 0.6 is 11.6 Å². The third-order valence-corrected chi connectivity index (χ3v) is 4.45. The Morgan fingerprint density at radius 3 is 2.52 bits per heavy atom. The van der Waals surface area contributed by atoms with Crippen molar-refractivity contribution in [1.82, 2.24) is 10.3 Å². The number of halogens is 2. The Labute approximate surface area is 148 Å². The third kappa shape index (κ3) is 5.05. The second kappa shape index (κ2) is 8.15. The second-order valence-electron chi connectivity index (χ2n) is 4.67. The summed E-state index contributed by atoms with van der Waals surface area (Å²) in [5, 5.41) is 0.0469. The van der Waals surface area contributed by atoms with Crippen molar-refractivity contribution in [3.63, 3.8) is 0 Å². The number of hydrogen-bond donors (Lipinski definition) is 2. The molecule has 0 saturated carbocycles. The summed E-state index contributed by atoms with van der Waals surface area (Å²) >= 11 is 5.57. The molecule has 0 aliphatic rings. The van der Waals surface area contributed by atoms with E-state index >= 15 is 0 Å². The molecule has 10 heteroatoms. The van der Waals surface area contributed by atoms with Crippen LogP contribution in [0.4, 0.5) is 4.39 Å². The summed E-state index contributed by atoms with van der Waals surface area (Å²) in [5.41, 5.74) is 1.93. The number of sulfonamides is 1. The van der Waals surface area contributed by atoms with Gasteiger partial charge in [-0.05, 0) is 30.3 Å². The van der Waals surface area contributed by atoms with E-state index < -0.39 is 33.3 Å². The normalized spacial score (nSPS) is 11.0. The number of hydrazine groups is 1. The molecule has 7 nitrogen and oxygen atoms in total. The predicted molar refractivity (Wildman–Crippen MR) is 88.4 cm³/mol. The lowest BCUT2D eigenvalue weighted by atomic mass is 10.3. The molecule has 0 radical (unpaired) electrons. The molecule has 0 spiro atoms. The molecule has 2 rings (SSSR count). The lowest BCUT2D eigenvalue weighted by Gasteiger charge is -2.11. The van der Waals surface area contributed by atoms with E-state index in [1.54, 1.807) is 29.1 Å². The second-order valence-corrected chi connectivity index (χ2v) is 6.76. The molecule has 0 aliphatic heterocycles. The van der Waals surface area contributed by atoms with Gasteiger partial charge in [-0.3, -0.25) is 10.2 Å². The van der Waals surface area contributed by atoms with Crippen LogP contribution in [-0.4, -0.2) is 28.0 Å². The van der Waals surface area contributed by atoms with Crippen molar-refractivity contribution >= 4 is 27.5 Å². The Kier molecular flexibility index (Phi) is 6.18. The van der Waals surface area contributed by atoms with Crippen molar-refractivity contribution in [3.05, 3.63) is 53.3 Å². The SMILES string of the molecule is COc1ccccc1OCC(=O)NNS(=O)(=O)c1ccc(Cl)cc1F. The molecule has 1 amide bonds. The van der Waals surface area contributed by atoms with Crippen LogP contribution in [0.1, 0.15) is 0 Å². The van der Waals surface area contributed by atoms with Crippen LogP contribution in [0.15, 0.2) is 47.4 Å². The molecular weight excluding hydrogens is 375 g/mol. The molecule has 2 N–H and O–H groups in total. The molecular formula is C15H14ClFN2O5S. The van der Waals surface area contributed by atoms with Gasteiger partial charge >= 0.3 is 0 Å². The van der Waals surface area contributed by atoms with Crippen LogP contribution in [0.2, 0.25) is 5.02 Å². The van der Waals surface area contributed by atoms with Crippen LogP contribution in [0.5, 0.6) is 11.5 Å². The van der Waals surface area contributed by atoms with Gasteiger partial charge in [0.25, 0.3) is 15.9 Å². The van der Waals surface area contributed by atoms with Crippen LogP contribution in [0.25, 0.3) is 0 Å². The van der Waals surface area contributed by atoms with Crippen molar-refractivity contribution < 1.29 is 27.1 Å². The molecule has 0 saturated heterocycles. The molecule has 2 aromatic carbocycles. The Hall–Kier alpha value is -2.36. The summed E-state index contributed by atoms with van der Waals surface area (Å²) in [6.45, 7) is -0.480. The van der Waals surface area contributed by atoms with Crippen LogP contribution < -0.4 is 19.7 Å². The zero-order valence-electron chi connectivity index (χ0n) is 13.0. The summed E-state index contributed by atoms with van der Waals surface area (Å²) in [7, 11) is -2.85. The first-order chi connectivity index (χ1) is 11.8. The standard InChI is InChI=1S/C15H14ClFN2O5S/c1-23-12-4-2-3-5-13(12)24-9-15(20)18-19-25(21,22)14-7-6-10(16)8-11(14)17/h2-8,19H,9H2,1H3,(H,18,20). The molecule has 134 valence electrons. The monoisotopic (exact) mass is 388 g/mol. The summed E-state index contributed by atoms with van der Waals surface area (Å²) in [5.74, 6) is -1.10. The number of benzene rings is 2. The van der Waals surface area contributed by atoms with Crippen molar-refractivity contribution in [2.45, 2.75) is 4.90 Å². The van der Waals surface area contributed by atoms with E-state index in [2.05, 4.69) is 0 Å². The molecule has 0 fully saturated rings. The zero-order valence-corrected chi connectivity index (χ0v) is 14.5. The van der Waals surface area contributed by atoms with Gasteiger partial charge in [0, 0.05) is 5.02 Å². The number of amides is 1. The Morgan fingerprint density at radius 2 is 1.88 bits per heavy atom. The Morgan fingerprint density at radius 1 is 1.20 bits per heavy atom. The number of hydrogen-bond acceptors (Lipinski definition) is 5. The number of para-hydroxylation sites is 2. The minimum absolute atomic E-state index is 0.0469. The molecule has 0 unspecified atom stereocenters. The maximum absolute atomic E-state index is 13.7. The molecule has 25 heavy (non-hydrogen) atoms. The van der Waals surface area contributed by atoms with E-state index in [1.807, 2.05) is 5.43 Å². The van der Waals surface area contributed by atoms with Gasteiger partial charge in [0.1, 0.15) is 10.7 Å². The molecule has 0 bridgehead atoms. The van der Waals surface area contributed by atoms with Crippen LogP contribution in [-0.2, 0) is 14.8 Å². The largest absolute Gasteiger partial charge is 0.493 e. The summed E-state index contributed by atoms with van der Waals surface area (Å²) in [6, 6.07) is 9.67. The maximum atomic E-state index is 13.7.